The van der Waals surface area contributed by atoms with Gasteiger partial charge in [0, 0.05) is 49.6 Å². The van der Waals surface area contributed by atoms with Crippen molar-refractivity contribution >= 4 is 16.8 Å². The second-order valence-corrected chi connectivity index (χ2v) is 8.59. The van der Waals surface area contributed by atoms with E-state index in [1.807, 2.05) is 12.1 Å². The summed E-state index contributed by atoms with van der Waals surface area (Å²) in [7, 11) is 3.30. The summed E-state index contributed by atoms with van der Waals surface area (Å²) in [6, 6.07) is 25.1. The molecule has 0 saturated carbocycles. The van der Waals surface area contributed by atoms with Gasteiger partial charge < -0.3 is 19.4 Å². The third kappa shape index (κ3) is 5.49. The smallest absolute Gasteiger partial charge is 0.221 e. The van der Waals surface area contributed by atoms with Crippen LogP contribution in [-0.2, 0) is 16.1 Å². The number of hydrogen-bond acceptors (Lipinski definition) is 3. The molecule has 0 saturated heterocycles. The molecule has 0 radical (unpaired) electrons. The first-order valence-electron chi connectivity index (χ1n) is 11.6. The molecule has 1 N–H and O–H groups in total. The molecule has 176 valence electrons. The van der Waals surface area contributed by atoms with E-state index in [-0.39, 0.29) is 11.8 Å². The molecule has 0 bridgehead atoms. The van der Waals surface area contributed by atoms with Crippen LogP contribution < -0.4 is 10.1 Å². The van der Waals surface area contributed by atoms with Crippen molar-refractivity contribution in [1.82, 2.24) is 9.88 Å². The standard InChI is InChI=1S/C29H32N2O3/c1-21-8-10-22(11-9-21)19-31-20-27(25-6-4-5-7-28(25)31)26(18-29(32)30-16-17-33-2)23-12-14-24(34-3)15-13-23/h4-15,20,26H,16-19H2,1-3H3,(H,30,32)/t26-/m1/s1. The fraction of sp³-hybridized carbons (Fsp3) is 0.276. The summed E-state index contributed by atoms with van der Waals surface area (Å²) in [6.07, 6.45) is 2.57. The van der Waals surface area contributed by atoms with E-state index in [1.54, 1.807) is 14.2 Å². The highest BCUT2D eigenvalue weighted by Crippen LogP contribution is 2.35. The van der Waals surface area contributed by atoms with Gasteiger partial charge in [-0.2, -0.15) is 0 Å². The van der Waals surface area contributed by atoms with E-state index in [2.05, 4.69) is 83.7 Å². The maximum atomic E-state index is 12.9. The highest BCUT2D eigenvalue weighted by atomic mass is 16.5. The molecule has 4 aromatic rings. The van der Waals surface area contributed by atoms with Gasteiger partial charge in [-0.15, -0.1) is 0 Å². The van der Waals surface area contributed by atoms with E-state index in [0.717, 1.165) is 28.9 Å². The van der Waals surface area contributed by atoms with E-state index >= 15 is 0 Å². The molecule has 5 heteroatoms. The van der Waals surface area contributed by atoms with Crippen molar-refractivity contribution in [3.8, 4) is 5.75 Å². The number of rotatable bonds is 10. The first-order valence-corrected chi connectivity index (χ1v) is 11.6. The summed E-state index contributed by atoms with van der Waals surface area (Å²) in [6.45, 7) is 3.87. The van der Waals surface area contributed by atoms with Crippen molar-refractivity contribution in [2.45, 2.75) is 25.8 Å². The van der Waals surface area contributed by atoms with Crippen LogP contribution in [-0.4, -0.2) is 37.8 Å². The average Bonchev–Trinajstić information content (AvgIpc) is 3.22. The molecule has 1 amide bonds. The van der Waals surface area contributed by atoms with Crippen molar-refractivity contribution in [1.29, 1.82) is 0 Å². The topological polar surface area (TPSA) is 52.5 Å². The normalized spacial score (nSPS) is 12.0. The largest absolute Gasteiger partial charge is 0.497 e. The van der Waals surface area contributed by atoms with Gasteiger partial charge in [0.2, 0.25) is 5.91 Å². The van der Waals surface area contributed by atoms with Crippen LogP contribution in [0, 0.1) is 6.92 Å². The molecule has 34 heavy (non-hydrogen) atoms. The number of amides is 1. The third-order valence-electron chi connectivity index (χ3n) is 6.20. The molecule has 0 fully saturated rings. The molecular weight excluding hydrogens is 424 g/mol. The number of ether oxygens (including phenoxy) is 2. The van der Waals surface area contributed by atoms with Crippen molar-refractivity contribution in [2.75, 3.05) is 27.4 Å². The predicted octanol–water partition coefficient (Wildman–Crippen LogP) is 5.29. The Labute approximate surface area is 201 Å². The van der Waals surface area contributed by atoms with Gasteiger partial charge in [-0.05, 0) is 41.8 Å². The van der Waals surface area contributed by atoms with Crippen molar-refractivity contribution < 1.29 is 14.3 Å². The lowest BCUT2D eigenvalue weighted by Gasteiger charge is -2.18. The zero-order valence-electron chi connectivity index (χ0n) is 20.1. The molecule has 5 nitrogen and oxygen atoms in total. The average molecular weight is 457 g/mol. The van der Waals surface area contributed by atoms with Gasteiger partial charge in [0.05, 0.1) is 13.7 Å². The Balaban J connectivity index is 1.73. The van der Waals surface area contributed by atoms with Gasteiger partial charge in [0.25, 0.3) is 0 Å². The zero-order chi connectivity index (χ0) is 23.9. The van der Waals surface area contributed by atoms with Crippen LogP contribution in [0.15, 0.2) is 79.0 Å². The van der Waals surface area contributed by atoms with Crippen LogP contribution in [0.25, 0.3) is 10.9 Å². The quantitative estimate of drug-likeness (QED) is 0.330. The summed E-state index contributed by atoms with van der Waals surface area (Å²) in [5.74, 6) is 0.722. The number of aromatic nitrogens is 1. The molecule has 3 aromatic carbocycles. The third-order valence-corrected chi connectivity index (χ3v) is 6.20. The Morgan fingerprint density at radius 2 is 1.71 bits per heavy atom. The van der Waals surface area contributed by atoms with Crippen LogP contribution in [0.3, 0.4) is 0 Å². The highest BCUT2D eigenvalue weighted by molar-refractivity contribution is 5.86. The molecule has 0 aliphatic heterocycles. The van der Waals surface area contributed by atoms with Crippen LogP contribution in [0.4, 0.5) is 0 Å². The number of carbonyl (C=O) groups is 1. The summed E-state index contributed by atoms with van der Waals surface area (Å²) in [5, 5.41) is 4.15. The fourth-order valence-electron chi connectivity index (χ4n) is 4.37. The lowest BCUT2D eigenvalue weighted by Crippen LogP contribution is -2.28. The summed E-state index contributed by atoms with van der Waals surface area (Å²) in [4.78, 5) is 12.9. The second kappa shape index (κ2) is 11.0. The fourth-order valence-corrected chi connectivity index (χ4v) is 4.37. The van der Waals surface area contributed by atoms with Gasteiger partial charge in [-0.3, -0.25) is 4.79 Å². The summed E-state index contributed by atoms with van der Waals surface area (Å²) >= 11 is 0. The first-order chi connectivity index (χ1) is 16.6. The number of para-hydroxylation sites is 1. The van der Waals surface area contributed by atoms with E-state index in [9.17, 15) is 4.79 Å². The molecule has 0 aliphatic carbocycles. The minimum atomic E-state index is -0.0855. The second-order valence-electron chi connectivity index (χ2n) is 8.59. The molecule has 1 aromatic heterocycles. The van der Waals surface area contributed by atoms with Crippen molar-refractivity contribution in [2.24, 2.45) is 0 Å². The first kappa shape index (κ1) is 23.6. The van der Waals surface area contributed by atoms with Crippen LogP contribution in [0.5, 0.6) is 5.75 Å². The molecule has 0 aliphatic rings. The Kier molecular flexibility index (Phi) is 7.65. The van der Waals surface area contributed by atoms with Gasteiger partial charge in [0.15, 0.2) is 0 Å². The molecule has 0 unspecified atom stereocenters. The van der Waals surface area contributed by atoms with Gasteiger partial charge in [-0.25, -0.2) is 0 Å². The summed E-state index contributed by atoms with van der Waals surface area (Å²) in [5.41, 5.74) is 5.89. The van der Waals surface area contributed by atoms with Crippen LogP contribution in [0.2, 0.25) is 0 Å². The zero-order valence-corrected chi connectivity index (χ0v) is 20.1. The van der Waals surface area contributed by atoms with E-state index < -0.39 is 0 Å². The van der Waals surface area contributed by atoms with Crippen LogP contribution in [0.1, 0.15) is 34.6 Å². The number of benzene rings is 3. The Hall–Kier alpha value is -3.57. The number of nitrogens with one attached hydrogen (secondary N) is 1. The lowest BCUT2D eigenvalue weighted by atomic mass is 9.88. The number of hydrogen-bond donors (Lipinski definition) is 1. The van der Waals surface area contributed by atoms with Crippen LogP contribution >= 0.6 is 0 Å². The monoisotopic (exact) mass is 456 g/mol. The number of fused-ring (bicyclic) bond motifs is 1. The summed E-state index contributed by atoms with van der Waals surface area (Å²) < 4.78 is 12.7. The minimum absolute atomic E-state index is 0.00762. The number of methoxy groups -OCH3 is 2. The Bertz CT molecular complexity index is 1230. The van der Waals surface area contributed by atoms with Crippen molar-refractivity contribution in [3.63, 3.8) is 0 Å². The van der Waals surface area contributed by atoms with E-state index in [4.69, 9.17) is 9.47 Å². The number of nitrogens with zero attached hydrogens (tertiary/aromatic N) is 1. The Morgan fingerprint density at radius 1 is 0.971 bits per heavy atom. The maximum Gasteiger partial charge on any atom is 0.221 e. The Morgan fingerprint density at radius 3 is 2.41 bits per heavy atom. The van der Waals surface area contributed by atoms with Gasteiger partial charge in [0.1, 0.15) is 5.75 Å². The highest BCUT2D eigenvalue weighted by Gasteiger charge is 2.23. The molecule has 1 heterocycles. The van der Waals surface area contributed by atoms with E-state index in [0.29, 0.717) is 19.6 Å². The molecule has 4 rings (SSSR count). The lowest BCUT2D eigenvalue weighted by molar-refractivity contribution is -0.121. The SMILES string of the molecule is COCCNC(=O)C[C@H](c1ccc(OC)cc1)c1cn(Cc2ccc(C)cc2)c2ccccc12. The molecule has 1 atom stereocenters. The predicted molar refractivity (Wildman–Crippen MR) is 137 cm³/mol. The maximum absolute atomic E-state index is 12.9. The number of carbonyl (C=O) groups excluding carboxylic acids is 1. The van der Waals surface area contributed by atoms with Gasteiger partial charge >= 0.3 is 0 Å². The molecular formula is C29H32N2O3. The van der Waals surface area contributed by atoms with E-state index in [1.165, 1.54) is 16.5 Å². The number of aryl methyl sites for hydroxylation is 1. The minimum Gasteiger partial charge on any atom is -0.497 e. The van der Waals surface area contributed by atoms with Gasteiger partial charge in [-0.1, -0.05) is 60.2 Å². The van der Waals surface area contributed by atoms with Crippen molar-refractivity contribution in [3.05, 3.63) is 101 Å². The molecule has 0 spiro atoms.